The van der Waals surface area contributed by atoms with E-state index in [0.717, 1.165) is 70.8 Å². The molecule has 3 heterocycles. The Kier molecular flexibility index (Phi) is 8.10. The van der Waals surface area contributed by atoms with Crippen molar-refractivity contribution in [3.8, 4) is 0 Å². The molecule has 0 saturated carbocycles. The van der Waals surface area contributed by atoms with Crippen molar-refractivity contribution < 1.29 is 19.1 Å². The highest BCUT2D eigenvalue weighted by molar-refractivity contribution is 5.84. The number of ether oxygens (including phenoxy) is 2. The van der Waals surface area contributed by atoms with E-state index in [1.807, 2.05) is 17.0 Å². The molecular formula is C21H32N4O4. The van der Waals surface area contributed by atoms with Gasteiger partial charge in [0.25, 0.3) is 0 Å². The lowest BCUT2D eigenvalue weighted by molar-refractivity contribution is -0.122. The number of nitrogens with one attached hydrogen (secondary N) is 1. The van der Waals surface area contributed by atoms with Gasteiger partial charge in [-0.2, -0.15) is 0 Å². The molecule has 2 aliphatic heterocycles. The van der Waals surface area contributed by atoms with Gasteiger partial charge in [-0.15, -0.1) is 0 Å². The lowest BCUT2D eigenvalue weighted by Gasteiger charge is -2.36. The van der Waals surface area contributed by atoms with Crippen LogP contribution in [0.4, 0.5) is 16.3 Å². The summed E-state index contributed by atoms with van der Waals surface area (Å²) < 4.78 is 10.3. The topological polar surface area (TPSA) is 84.0 Å². The number of anilines is 2. The van der Waals surface area contributed by atoms with Gasteiger partial charge in [-0.1, -0.05) is 0 Å². The van der Waals surface area contributed by atoms with Crippen molar-refractivity contribution in [1.29, 1.82) is 0 Å². The van der Waals surface area contributed by atoms with Crippen molar-refractivity contribution in [3.63, 3.8) is 0 Å². The van der Waals surface area contributed by atoms with Crippen LogP contribution in [0.3, 0.4) is 0 Å². The van der Waals surface area contributed by atoms with E-state index in [-0.39, 0.29) is 0 Å². The molecule has 29 heavy (non-hydrogen) atoms. The molecule has 0 aromatic carbocycles. The van der Waals surface area contributed by atoms with Gasteiger partial charge in [-0.3, -0.25) is 10.1 Å². The van der Waals surface area contributed by atoms with Gasteiger partial charge in [-0.05, 0) is 57.1 Å². The Morgan fingerprint density at radius 2 is 2.21 bits per heavy atom. The zero-order valence-electron chi connectivity index (χ0n) is 17.2. The first-order chi connectivity index (χ1) is 14.2. The van der Waals surface area contributed by atoms with Crippen LogP contribution in [-0.4, -0.2) is 67.9 Å². The number of hydrogen-bond donors (Lipinski definition) is 1. The van der Waals surface area contributed by atoms with Crippen molar-refractivity contribution in [2.45, 2.75) is 45.1 Å². The maximum atomic E-state index is 11.5. The minimum Gasteiger partial charge on any atom is -0.450 e. The number of aromatic nitrogens is 1. The highest BCUT2D eigenvalue weighted by atomic mass is 16.5. The average Bonchev–Trinajstić information content (AvgIpc) is 2.76. The number of pyridine rings is 1. The van der Waals surface area contributed by atoms with E-state index < -0.39 is 6.09 Å². The van der Waals surface area contributed by atoms with Crippen molar-refractivity contribution >= 4 is 24.0 Å². The second-order valence-corrected chi connectivity index (χ2v) is 7.68. The number of carbonyl (C=O) groups is 2. The summed E-state index contributed by atoms with van der Waals surface area (Å²) in [4.78, 5) is 31.8. The molecule has 0 radical (unpaired) electrons. The molecule has 2 saturated heterocycles. The molecule has 8 nitrogen and oxygen atoms in total. The quantitative estimate of drug-likeness (QED) is 0.671. The van der Waals surface area contributed by atoms with E-state index in [1.165, 1.54) is 6.42 Å². The summed E-state index contributed by atoms with van der Waals surface area (Å²) in [6, 6.07) is 4.10. The first-order valence-electron chi connectivity index (χ1n) is 10.6. The number of piperidine rings is 1. The number of nitrogens with zero attached hydrogens (tertiary/aromatic N) is 3. The molecule has 1 unspecified atom stereocenters. The number of hydrogen-bond acceptors (Lipinski definition) is 6. The van der Waals surface area contributed by atoms with E-state index in [2.05, 4.69) is 15.2 Å². The molecule has 0 aliphatic carbocycles. The van der Waals surface area contributed by atoms with Crippen LogP contribution in [-0.2, 0) is 14.3 Å². The fourth-order valence-corrected chi connectivity index (χ4v) is 4.11. The number of rotatable bonds is 8. The van der Waals surface area contributed by atoms with Crippen LogP contribution >= 0.6 is 0 Å². The monoisotopic (exact) mass is 404 g/mol. The third-order valence-corrected chi connectivity index (χ3v) is 5.70. The summed E-state index contributed by atoms with van der Waals surface area (Å²) in [5.74, 6) is 1.46. The van der Waals surface area contributed by atoms with Gasteiger partial charge in [0, 0.05) is 38.9 Å². The van der Waals surface area contributed by atoms with Gasteiger partial charge in [-0.25, -0.2) is 9.78 Å². The van der Waals surface area contributed by atoms with Crippen molar-refractivity contribution in [3.05, 3.63) is 18.3 Å². The second-order valence-electron chi connectivity index (χ2n) is 7.68. The molecule has 160 valence electrons. The fraction of sp³-hybridized carbons (Fsp3) is 0.667. The molecule has 1 N–H and O–H groups in total. The minimum absolute atomic E-state index is 0.321. The smallest absolute Gasteiger partial charge is 0.411 e. The Morgan fingerprint density at radius 1 is 1.38 bits per heavy atom. The Balaban J connectivity index is 1.49. The van der Waals surface area contributed by atoms with Crippen molar-refractivity contribution in [1.82, 2.24) is 9.88 Å². The van der Waals surface area contributed by atoms with Gasteiger partial charge >= 0.3 is 6.09 Å². The molecule has 1 aromatic rings. The van der Waals surface area contributed by atoms with Crippen LogP contribution in [0, 0.1) is 5.92 Å². The van der Waals surface area contributed by atoms with Crippen LogP contribution in [0.5, 0.6) is 0 Å². The molecule has 0 spiro atoms. The van der Waals surface area contributed by atoms with Crippen LogP contribution in [0.2, 0.25) is 0 Å². The van der Waals surface area contributed by atoms with Crippen LogP contribution in [0.15, 0.2) is 18.3 Å². The number of carbonyl (C=O) groups excluding carboxylic acids is 2. The molecule has 8 heteroatoms. The van der Waals surface area contributed by atoms with Gasteiger partial charge in [0.2, 0.25) is 6.41 Å². The zero-order chi connectivity index (χ0) is 20.5. The van der Waals surface area contributed by atoms with Crippen LogP contribution in [0.25, 0.3) is 0 Å². The Labute approximate surface area is 172 Å². The van der Waals surface area contributed by atoms with Crippen LogP contribution in [0.1, 0.15) is 39.0 Å². The predicted molar refractivity (Wildman–Crippen MR) is 111 cm³/mol. The highest BCUT2D eigenvalue weighted by Gasteiger charge is 2.24. The summed E-state index contributed by atoms with van der Waals surface area (Å²) in [6.45, 7) is 6.33. The predicted octanol–water partition coefficient (Wildman–Crippen LogP) is 2.89. The third-order valence-electron chi connectivity index (χ3n) is 5.70. The third kappa shape index (κ3) is 6.32. The maximum absolute atomic E-state index is 11.5. The fourth-order valence-electron chi connectivity index (χ4n) is 4.11. The maximum Gasteiger partial charge on any atom is 0.411 e. The first kappa shape index (κ1) is 21.4. The summed E-state index contributed by atoms with van der Waals surface area (Å²) in [5, 5.41) is 2.66. The van der Waals surface area contributed by atoms with E-state index in [0.29, 0.717) is 24.3 Å². The van der Waals surface area contributed by atoms with E-state index in [9.17, 15) is 9.59 Å². The molecule has 1 aromatic heterocycles. The SMILES string of the molecule is CCOC(=O)Nc1ccc(N2CCCC(CCN(C=O)C3CCOCC3)C2)nc1. The van der Waals surface area contributed by atoms with E-state index in [1.54, 1.807) is 13.1 Å². The van der Waals surface area contributed by atoms with Gasteiger partial charge < -0.3 is 19.3 Å². The number of amides is 2. The molecule has 0 bridgehead atoms. The highest BCUT2D eigenvalue weighted by Crippen LogP contribution is 2.25. The molecule has 2 fully saturated rings. The van der Waals surface area contributed by atoms with Gasteiger partial charge in [0.1, 0.15) is 5.82 Å². The molecule has 3 rings (SSSR count). The first-order valence-corrected chi connectivity index (χ1v) is 10.6. The molecular weight excluding hydrogens is 372 g/mol. The van der Waals surface area contributed by atoms with Crippen molar-refractivity contribution in [2.75, 3.05) is 49.7 Å². The van der Waals surface area contributed by atoms with Crippen molar-refractivity contribution in [2.24, 2.45) is 5.92 Å². The normalized spacial score (nSPS) is 20.2. The summed E-state index contributed by atoms with van der Waals surface area (Å²) in [7, 11) is 0. The van der Waals surface area contributed by atoms with Crippen LogP contribution < -0.4 is 10.2 Å². The molecule has 2 amide bonds. The standard InChI is InChI=1S/C21H32N4O4/c1-2-29-21(27)23-18-5-6-20(22-14-18)24-10-3-4-17(15-24)7-11-25(16-26)19-8-12-28-13-9-19/h5-6,14,16-17,19H,2-4,7-13,15H2,1H3,(H,23,27). The van der Waals surface area contributed by atoms with Gasteiger partial charge in [0.05, 0.1) is 18.5 Å². The average molecular weight is 405 g/mol. The Morgan fingerprint density at radius 3 is 2.90 bits per heavy atom. The zero-order valence-corrected chi connectivity index (χ0v) is 17.2. The molecule has 2 aliphatic rings. The lowest BCUT2D eigenvalue weighted by atomic mass is 9.94. The summed E-state index contributed by atoms with van der Waals surface area (Å²) >= 11 is 0. The van der Waals surface area contributed by atoms with Gasteiger partial charge in [0.15, 0.2) is 0 Å². The Bertz CT molecular complexity index is 649. The summed E-state index contributed by atoms with van der Waals surface area (Å²) in [6.07, 6.45) is 7.38. The Hall–Kier alpha value is -2.35. The molecule has 1 atom stereocenters. The largest absolute Gasteiger partial charge is 0.450 e. The van der Waals surface area contributed by atoms with E-state index >= 15 is 0 Å². The van der Waals surface area contributed by atoms with E-state index in [4.69, 9.17) is 9.47 Å². The minimum atomic E-state index is -0.468. The summed E-state index contributed by atoms with van der Waals surface area (Å²) in [5.41, 5.74) is 0.624. The lowest BCUT2D eigenvalue weighted by Crippen LogP contribution is -2.41. The second kappa shape index (κ2) is 11.0.